The van der Waals surface area contributed by atoms with Crippen LogP contribution in [0.1, 0.15) is 47.8 Å². The molecule has 2 aromatic heterocycles. The van der Waals surface area contributed by atoms with E-state index in [0.717, 1.165) is 54.4 Å². The minimum atomic E-state index is 0.185. The second-order valence-corrected chi connectivity index (χ2v) is 6.86. The zero-order chi connectivity index (χ0) is 15.5. The van der Waals surface area contributed by atoms with E-state index in [2.05, 4.69) is 28.2 Å². The number of nitrogens with one attached hydrogen (secondary N) is 1. The molecule has 0 aliphatic carbocycles. The van der Waals surface area contributed by atoms with Crippen LogP contribution in [0.2, 0.25) is 0 Å². The number of hydrogen-bond acceptors (Lipinski definition) is 4. The summed E-state index contributed by atoms with van der Waals surface area (Å²) in [4.78, 5) is 19.0. The summed E-state index contributed by atoms with van der Waals surface area (Å²) >= 11 is 1.64. The predicted octanol–water partition coefficient (Wildman–Crippen LogP) is 2.69. The Balaban J connectivity index is 1.62. The first-order chi connectivity index (χ1) is 10.7. The highest BCUT2D eigenvalue weighted by molar-refractivity contribution is 7.09. The number of H-pyrrole nitrogens is 1. The van der Waals surface area contributed by atoms with Gasteiger partial charge in [-0.3, -0.25) is 9.89 Å². The van der Waals surface area contributed by atoms with E-state index >= 15 is 0 Å². The van der Waals surface area contributed by atoms with Crippen LogP contribution in [0.3, 0.4) is 0 Å². The van der Waals surface area contributed by atoms with E-state index in [1.54, 1.807) is 11.3 Å². The van der Waals surface area contributed by atoms with Crippen LogP contribution in [0.5, 0.6) is 0 Å². The number of likely N-dealkylation sites (tertiary alicyclic amines) is 1. The Bertz CT molecular complexity index is 648. The van der Waals surface area contributed by atoms with Gasteiger partial charge in [0.2, 0.25) is 5.91 Å². The molecule has 1 amide bonds. The Hall–Kier alpha value is -1.69. The van der Waals surface area contributed by atoms with E-state index in [-0.39, 0.29) is 5.91 Å². The molecule has 3 rings (SSSR count). The highest BCUT2D eigenvalue weighted by atomic mass is 32.1. The number of aromatic nitrogens is 3. The molecular formula is C16H22N4OS. The molecule has 1 fully saturated rings. The second kappa shape index (κ2) is 6.60. The lowest BCUT2D eigenvalue weighted by Crippen LogP contribution is -2.40. The van der Waals surface area contributed by atoms with Gasteiger partial charge in [0.15, 0.2) is 0 Å². The number of amides is 1. The molecule has 0 radical (unpaired) electrons. The summed E-state index contributed by atoms with van der Waals surface area (Å²) < 4.78 is 0. The van der Waals surface area contributed by atoms with Gasteiger partial charge >= 0.3 is 0 Å². The van der Waals surface area contributed by atoms with Gasteiger partial charge in [0.1, 0.15) is 0 Å². The molecular weight excluding hydrogens is 296 g/mol. The van der Waals surface area contributed by atoms with Gasteiger partial charge in [-0.2, -0.15) is 5.10 Å². The molecule has 0 saturated carbocycles. The number of rotatable bonds is 4. The molecule has 5 nitrogen and oxygen atoms in total. The van der Waals surface area contributed by atoms with E-state index < -0.39 is 0 Å². The fourth-order valence-corrected chi connectivity index (χ4v) is 3.70. The fourth-order valence-electron chi connectivity index (χ4n) is 2.95. The summed E-state index contributed by atoms with van der Waals surface area (Å²) in [6.07, 6.45) is 3.50. The quantitative estimate of drug-likeness (QED) is 0.943. The van der Waals surface area contributed by atoms with Crippen molar-refractivity contribution in [3.05, 3.63) is 33.5 Å². The molecule has 0 spiro atoms. The lowest BCUT2D eigenvalue weighted by molar-refractivity contribution is -0.131. The Labute approximate surface area is 134 Å². The Morgan fingerprint density at radius 1 is 1.55 bits per heavy atom. The summed E-state index contributed by atoms with van der Waals surface area (Å²) in [5.41, 5.74) is 3.06. The van der Waals surface area contributed by atoms with E-state index in [1.807, 2.05) is 17.2 Å². The number of thiazole rings is 1. The molecule has 0 aromatic carbocycles. The first kappa shape index (κ1) is 15.2. The topological polar surface area (TPSA) is 61.9 Å². The van der Waals surface area contributed by atoms with Crippen LogP contribution in [-0.2, 0) is 17.6 Å². The lowest BCUT2D eigenvalue weighted by Gasteiger charge is -2.32. The van der Waals surface area contributed by atoms with Crippen molar-refractivity contribution >= 4 is 17.2 Å². The van der Waals surface area contributed by atoms with Crippen molar-refractivity contribution in [3.8, 4) is 0 Å². The summed E-state index contributed by atoms with van der Waals surface area (Å²) in [5, 5.41) is 10.5. The number of aryl methyl sites for hydroxylation is 2. The molecule has 1 aliphatic rings. The Morgan fingerprint density at radius 3 is 3.09 bits per heavy atom. The normalized spacial score (nSPS) is 18.6. The summed E-state index contributed by atoms with van der Waals surface area (Å²) in [6.45, 7) is 5.72. The largest absolute Gasteiger partial charge is 0.342 e. The number of carbonyl (C=O) groups excluding carboxylic acids is 1. The minimum absolute atomic E-state index is 0.185. The van der Waals surface area contributed by atoms with Gasteiger partial charge in [0, 0.05) is 30.1 Å². The maximum Gasteiger partial charge on any atom is 0.228 e. The van der Waals surface area contributed by atoms with Crippen LogP contribution in [0.15, 0.2) is 11.4 Å². The highest BCUT2D eigenvalue weighted by Gasteiger charge is 2.26. The Morgan fingerprint density at radius 2 is 2.41 bits per heavy atom. The molecule has 118 valence electrons. The number of carbonyl (C=O) groups is 1. The molecule has 0 bridgehead atoms. The average Bonchev–Trinajstić information content (AvgIpc) is 3.16. The summed E-state index contributed by atoms with van der Waals surface area (Å²) in [6, 6.07) is 2.09. The van der Waals surface area contributed by atoms with Crippen LogP contribution in [0, 0.1) is 6.92 Å². The third-order valence-electron chi connectivity index (χ3n) is 4.15. The third-order valence-corrected chi connectivity index (χ3v) is 5.19. The fraction of sp³-hybridized carbons (Fsp3) is 0.562. The van der Waals surface area contributed by atoms with Gasteiger partial charge in [0.25, 0.3) is 0 Å². The van der Waals surface area contributed by atoms with Crippen LogP contribution in [-0.4, -0.2) is 39.1 Å². The lowest BCUT2D eigenvalue weighted by atomic mass is 9.94. The van der Waals surface area contributed by atoms with Crippen LogP contribution >= 0.6 is 11.3 Å². The smallest absolute Gasteiger partial charge is 0.228 e. The summed E-state index contributed by atoms with van der Waals surface area (Å²) in [7, 11) is 0. The average molecular weight is 318 g/mol. The van der Waals surface area contributed by atoms with Crippen molar-refractivity contribution in [2.45, 2.75) is 45.4 Å². The van der Waals surface area contributed by atoms with E-state index in [9.17, 15) is 4.79 Å². The molecule has 1 atom stereocenters. The molecule has 1 N–H and O–H groups in total. The van der Waals surface area contributed by atoms with Crippen molar-refractivity contribution in [3.63, 3.8) is 0 Å². The predicted molar refractivity (Wildman–Crippen MR) is 87.1 cm³/mol. The summed E-state index contributed by atoms with van der Waals surface area (Å²) in [5.74, 6) is 0.536. The third kappa shape index (κ3) is 3.38. The molecule has 2 aromatic rings. The zero-order valence-corrected chi connectivity index (χ0v) is 13.9. The van der Waals surface area contributed by atoms with Gasteiger partial charge in [-0.15, -0.1) is 11.3 Å². The van der Waals surface area contributed by atoms with E-state index in [1.165, 1.54) is 0 Å². The highest BCUT2D eigenvalue weighted by Crippen LogP contribution is 2.26. The van der Waals surface area contributed by atoms with Crippen molar-refractivity contribution in [2.24, 2.45) is 0 Å². The zero-order valence-electron chi connectivity index (χ0n) is 13.1. The molecule has 1 aliphatic heterocycles. The monoisotopic (exact) mass is 318 g/mol. The van der Waals surface area contributed by atoms with Crippen molar-refractivity contribution in [1.29, 1.82) is 0 Å². The van der Waals surface area contributed by atoms with Crippen molar-refractivity contribution in [2.75, 3.05) is 13.1 Å². The van der Waals surface area contributed by atoms with Crippen molar-refractivity contribution < 1.29 is 4.79 Å². The van der Waals surface area contributed by atoms with Gasteiger partial charge < -0.3 is 4.90 Å². The number of hydrogen-bond donors (Lipinski definition) is 1. The second-order valence-electron chi connectivity index (χ2n) is 5.92. The SMILES string of the molecule is CCc1nc(CC(=O)N2CCC[C@@H](c3cc(C)[nH]n3)C2)cs1. The van der Waals surface area contributed by atoms with Gasteiger partial charge in [0.05, 0.1) is 22.8 Å². The first-order valence-corrected chi connectivity index (χ1v) is 8.76. The molecule has 6 heteroatoms. The van der Waals surface area contributed by atoms with E-state index in [0.29, 0.717) is 12.3 Å². The van der Waals surface area contributed by atoms with Gasteiger partial charge in [-0.05, 0) is 32.3 Å². The standard InChI is InChI=1S/C16H22N4OS/c1-3-15-17-13(10-22-15)8-16(21)20-6-4-5-12(9-20)14-7-11(2)18-19-14/h7,10,12H,3-6,8-9H2,1-2H3,(H,18,19)/t12-/m1/s1. The molecule has 1 saturated heterocycles. The maximum atomic E-state index is 12.5. The molecule has 0 unspecified atom stereocenters. The van der Waals surface area contributed by atoms with Crippen LogP contribution < -0.4 is 0 Å². The van der Waals surface area contributed by atoms with Gasteiger partial charge in [-0.25, -0.2) is 4.98 Å². The number of nitrogens with zero attached hydrogens (tertiary/aromatic N) is 3. The first-order valence-electron chi connectivity index (χ1n) is 7.88. The van der Waals surface area contributed by atoms with Crippen LogP contribution in [0.25, 0.3) is 0 Å². The van der Waals surface area contributed by atoms with E-state index in [4.69, 9.17) is 0 Å². The number of aromatic amines is 1. The number of piperidine rings is 1. The molecule has 22 heavy (non-hydrogen) atoms. The minimum Gasteiger partial charge on any atom is -0.342 e. The van der Waals surface area contributed by atoms with Crippen molar-refractivity contribution in [1.82, 2.24) is 20.1 Å². The maximum absolute atomic E-state index is 12.5. The van der Waals surface area contributed by atoms with Crippen LogP contribution in [0.4, 0.5) is 0 Å². The Kier molecular flexibility index (Phi) is 4.57. The van der Waals surface area contributed by atoms with Gasteiger partial charge in [-0.1, -0.05) is 6.92 Å². The molecule has 3 heterocycles.